The highest BCUT2D eigenvalue weighted by Gasteiger charge is 2.33. The van der Waals surface area contributed by atoms with Crippen LogP contribution >= 0.6 is 24.0 Å². The Bertz CT molecular complexity index is 1400. The minimum atomic E-state index is -0.676. The number of thiocarbonyl (C=S) groups is 1. The predicted molar refractivity (Wildman–Crippen MR) is 142 cm³/mol. The number of ether oxygens (including phenoxy) is 2. The van der Waals surface area contributed by atoms with E-state index in [9.17, 15) is 19.7 Å². The van der Waals surface area contributed by atoms with Crippen LogP contribution in [-0.2, 0) is 4.79 Å². The quantitative estimate of drug-likeness (QED) is 0.0944. The number of hydrogen-bond acceptors (Lipinski definition) is 8. The van der Waals surface area contributed by atoms with Crippen LogP contribution in [0.15, 0.2) is 71.6 Å². The maximum Gasteiger partial charge on any atom is 0.343 e. The highest BCUT2D eigenvalue weighted by Crippen LogP contribution is 2.37. The van der Waals surface area contributed by atoms with Gasteiger partial charge in [-0.25, -0.2) is 4.79 Å². The van der Waals surface area contributed by atoms with E-state index < -0.39 is 10.9 Å². The molecule has 0 bridgehead atoms. The van der Waals surface area contributed by atoms with Crippen LogP contribution in [0.1, 0.15) is 28.4 Å². The van der Waals surface area contributed by atoms with Gasteiger partial charge < -0.3 is 9.47 Å². The summed E-state index contributed by atoms with van der Waals surface area (Å²) in [4.78, 5) is 38.2. The van der Waals surface area contributed by atoms with Crippen LogP contribution in [0.3, 0.4) is 0 Å². The van der Waals surface area contributed by atoms with E-state index >= 15 is 0 Å². The van der Waals surface area contributed by atoms with Gasteiger partial charge in [-0.15, -0.1) is 0 Å². The zero-order valence-corrected chi connectivity index (χ0v) is 20.9. The normalized spacial score (nSPS) is 14.3. The molecule has 0 aromatic heterocycles. The summed E-state index contributed by atoms with van der Waals surface area (Å²) < 4.78 is 11.6. The summed E-state index contributed by atoms with van der Waals surface area (Å²) in [6.45, 7) is 3.67. The summed E-state index contributed by atoms with van der Waals surface area (Å²) in [5.74, 6) is -0.396. The van der Waals surface area contributed by atoms with Crippen LogP contribution in [0.4, 0.5) is 11.4 Å². The number of para-hydroxylation sites is 1. The van der Waals surface area contributed by atoms with Crippen LogP contribution in [0.2, 0.25) is 0 Å². The van der Waals surface area contributed by atoms with Gasteiger partial charge in [-0.05, 0) is 61.9 Å². The third kappa shape index (κ3) is 5.29. The molecule has 0 aliphatic carbocycles. The largest absolute Gasteiger partial charge is 0.490 e. The Balaban J connectivity index is 1.57. The zero-order chi connectivity index (χ0) is 25.8. The average Bonchev–Trinajstić information content (AvgIpc) is 3.13. The molecule has 3 aromatic carbocycles. The standard InChI is InChI=1S/C26H20N2O6S2/c1-3-33-22-14-17(15-23-24(29)27(26(35)36-23)19-7-5-4-6-8-19)9-12-21(22)34-25(30)18-10-11-20(28(31)32)16(2)13-18/h4-15H,3H2,1-2H3/b23-15-. The van der Waals surface area contributed by atoms with E-state index in [1.165, 1.54) is 34.9 Å². The molecule has 0 unspecified atom stereocenters. The lowest BCUT2D eigenvalue weighted by Crippen LogP contribution is -2.27. The van der Waals surface area contributed by atoms with Crippen molar-refractivity contribution >= 4 is 57.6 Å². The number of nitro groups is 1. The summed E-state index contributed by atoms with van der Waals surface area (Å²) in [5, 5.41) is 11.0. The molecular formula is C26H20N2O6S2. The second-order valence-electron chi connectivity index (χ2n) is 7.64. The van der Waals surface area contributed by atoms with Crippen LogP contribution in [-0.4, -0.2) is 27.7 Å². The fourth-order valence-corrected chi connectivity index (χ4v) is 4.83. The highest BCUT2D eigenvalue weighted by molar-refractivity contribution is 8.27. The van der Waals surface area contributed by atoms with Crippen LogP contribution < -0.4 is 14.4 Å². The van der Waals surface area contributed by atoms with Gasteiger partial charge in [0.15, 0.2) is 15.8 Å². The molecule has 1 heterocycles. The number of hydrogen-bond donors (Lipinski definition) is 0. The fraction of sp³-hybridized carbons (Fsp3) is 0.115. The van der Waals surface area contributed by atoms with E-state index in [-0.39, 0.29) is 22.9 Å². The summed E-state index contributed by atoms with van der Waals surface area (Å²) in [6, 6.07) is 18.1. The first-order valence-electron chi connectivity index (χ1n) is 10.9. The van der Waals surface area contributed by atoms with E-state index in [0.717, 1.165) is 0 Å². The summed E-state index contributed by atoms with van der Waals surface area (Å²) in [7, 11) is 0. The molecule has 1 aliphatic heterocycles. The molecule has 1 aliphatic rings. The molecular weight excluding hydrogens is 500 g/mol. The molecule has 0 saturated carbocycles. The van der Waals surface area contributed by atoms with Crippen LogP contribution in [0.25, 0.3) is 6.08 Å². The van der Waals surface area contributed by atoms with E-state index in [4.69, 9.17) is 21.7 Å². The first-order chi connectivity index (χ1) is 17.3. The van der Waals surface area contributed by atoms with Gasteiger partial charge in [-0.1, -0.05) is 48.2 Å². The van der Waals surface area contributed by atoms with Gasteiger partial charge in [0.1, 0.15) is 0 Å². The molecule has 0 spiro atoms. The van der Waals surface area contributed by atoms with E-state index in [1.54, 1.807) is 38.1 Å². The van der Waals surface area contributed by atoms with Crippen molar-refractivity contribution in [2.75, 3.05) is 11.5 Å². The minimum absolute atomic E-state index is 0.0800. The SMILES string of the molecule is CCOc1cc(/C=C2\SC(=S)N(c3ccccc3)C2=O)ccc1OC(=O)c1ccc([N+](=O)[O-])c(C)c1. The highest BCUT2D eigenvalue weighted by atomic mass is 32.2. The number of nitrogens with zero attached hydrogens (tertiary/aromatic N) is 2. The van der Waals surface area contributed by atoms with E-state index in [1.807, 2.05) is 30.3 Å². The van der Waals surface area contributed by atoms with Crippen molar-refractivity contribution in [3.05, 3.63) is 98.4 Å². The molecule has 0 radical (unpaired) electrons. The average molecular weight is 521 g/mol. The first kappa shape index (κ1) is 25.1. The lowest BCUT2D eigenvalue weighted by atomic mass is 10.1. The molecule has 0 N–H and O–H groups in total. The molecule has 182 valence electrons. The number of esters is 1. The van der Waals surface area contributed by atoms with Crippen molar-refractivity contribution < 1.29 is 24.0 Å². The maximum atomic E-state index is 13.0. The van der Waals surface area contributed by atoms with Gasteiger partial charge in [0.2, 0.25) is 0 Å². The molecule has 4 rings (SSSR count). The summed E-state index contributed by atoms with van der Waals surface area (Å²) in [5.41, 5.74) is 1.81. The number of rotatable bonds is 7. The molecule has 1 fully saturated rings. The van der Waals surface area contributed by atoms with Gasteiger partial charge in [-0.3, -0.25) is 19.8 Å². The van der Waals surface area contributed by atoms with Gasteiger partial charge in [0, 0.05) is 11.6 Å². The molecule has 1 amide bonds. The lowest BCUT2D eigenvalue weighted by Gasteiger charge is -2.14. The predicted octanol–water partition coefficient (Wildman–Crippen LogP) is 5.93. The summed E-state index contributed by atoms with van der Waals surface area (Å²) in [6.07, 6.45) is 1.70. The fourth-order valence-electron chi connectivity index (χ4n) is 3.53. The number of carbonyl (C=O) groups is 2. The second kappa shape index (κ2) is 10.7. The Hall–Kier alpha value is -4.02. The molecule has 36 heavy (non-hydrogen) atoms. The van der Waals surface area contributed by atoms with Gasteiger partial charge in [0.05, 0.1) is 27.7 Å². The smallest absolute Gasteiger partial charge is 0.343 e. The molecule has 3 aromatic rings. The van der Waals surface area contributed by atoms with Gasteiger partial charge >= 0.3 is 5.97 Å². The lowest BCUT2D eigenvalue weighted by molar-refractivity contribution is -0.385. The number of aryl methyl sites for hydroxylation is 1. The Morgan fingerprint density at radius 2 is 1.86 bits per heavy atom. The van der Waals surface area contributed by atoms with Crippen LogP contribution in [0.5, 0.6) is 11.5 Å². The number of benzene rings is 3. The maximum absolute atomic E-state index is 13.0. The van der Waals surface area contributed by atoms with Crippen molar-refractivity contribution in [2.24, 2.45) is 0 Å². The van der Waals surface area contributed by atoms with Gasteiger partial charge in [-0.2, -0.15) is 0 Å². The second-order valence-corrected chi connectivity index (χ2v) is 9.32. The molecule has 1 saturated heterocycles. The number of anilines is 1. The Morgan fingerprint density at radius 3 is 2.53 bits per heavy atom. The number of nitro benzene ring substituents is 1. The molecule has 10 heteroatoms. The third-order valence-electron chi connectivity index (χ3n) is 5.21. The monoisotopic (exact) mass is 520 g/mol. The zero-order valence-electron chi connectivity index (χ0n) is 19.3. The number of carbonyl (C=O) groups excluding carboxylic acids is 2. The Morgan fingerprint density at radius 1 is 1.11 bits per heavy atom. The Labute approximate surface area is 216 Å². The van der Waals surface area contributed by atoms with Crippen molar-refractivity contribution in [1.82, 2.24) is 0 Å². The van der Waals surface area contributed by atoms with E-state index in [0.29, 0.717) is 38.4 Å². The minimum Gasteiger partial charge on any atom is -0.490 e. The van der Waals surface area contributed by atoms with E-state index in [2.05, 4.69) is 0 Å². The Kier molecular flexibility index (Phi) is 7.47. The first-order valence-corrected chi connectivity index (χ1v) is 12.1. The molecule has 8 nitrogen and oxygen atoms in total. The van der Waals surface area contributed by atoms with Crippen LogP contribution in [0, 0.1) is 17.0 Å². The third-order valence-corrected chi connectivity index (χ3v) is 6.51. The summed E-state index contributed by atoms with van der Waals surface area (Å²) >= 11 is 6.62. The number of thioether (sulfide) groups is 1. The van der Waals surface area contributed by atoms with Crippen molar-refractivity contribution in [3.63, 3.8) is 0 Å². The van der Waals surface area contributed by atoms with Crippen molar-refractivity contribution in [2.45, 2.75) is 13.8 Å². The molecule has 0 atom stereocenters. The van der Waals surface area contributed by atoms with Gasteiger partial charge in [0.25, 0.3) is 11.6 Å². The number of amides is 1. The van der Waals surface area contributed by atoms with Crippen molar-refractivity contribution in [3.8, 4) is 11.5 Å². The van der Waals surface area contributed by atoms with Crippen molar-refractivity contribution in [1.29, 1.82) is 0 Å². The topological polar surface area (TPSA) is 99.0 Å².